The molecule has 8 nitrogen and oxygen atoms in total. The van der Waals surface area contributed by atoms with E-state index in [0.29, 0.717) is 29.4 Å². The molecule has 1 heterocycles. The standard InChI is InChI=1S/C36H58N2O6/c1-6-9-10-11-12-13-14-15-16-17-22-44-36-32(24-30(8-3)26-34(36)43-5)28-38(41)20-18-37(40,19-21-38)27-31-23-29(7-2)25-33(42-4)35(31)39/h23-26,39H,6-22,27-28H2,1-5H3. The summed E-state index contributed by atoms with van der Waals surface area (Å²) in [5.41, 5.74) is 3.53. The minimum Gasteiger partial charge on any atom is -0.632 e. The summed E-state index contributed by atoms with van der Waals surface area (Å²) in [5, 5.41) is 38.5. The van der Waals surface area contributed by atoms with Gasteiger partial charge in [-0.3, -0.25) is 0 Å². The van der Waals surface area contributed by atoms with E-state index >= 15 is 0 Å². The third-order valence-corrected chi connectivity index (χ3v) is 9.15. The molecule has 0 bridgehead atoms. The van der Waals surface area contributed by atoms with E-state index < -0.39 is 9.29 Å². The Hall–Kier alpha value is -2.52. The first kappa shape index (κ1) is 36.0. The molecular weight excluding hydrogens is 556 g/mol. The molecule has 0 amide bonds. The van der Waals surface area contributed by atoms with Gasteiger partial charge in [-0.1, -0.05) is 78.6 Å². The fourth-order valence-corrected chi connectivity index (χ4v) is 6.22. The van der Waals surface area contributed by atoms with Crippen LogP contribution in [0.25, 0.3) is 0 Å². The van der Waals surface area contributed by atoms with Crippen molar-refractivity contribution in [3.05, 3.63) is 56.9 Å². The predicted molar refractivity (Wildman–Crippen MR) is 178 cm³/mol. The molecule has 0 radical (unpaired) electrons. The Morgan fingerprint density at radius 3 is 1.59 bits per heavy atom. The number of nitrogens with zero attached hydrogens (tertiary/aromatic N) is 2. The van der Waals surface area contributed by atoms with E-state index in [9.17, 15) is 15.5 Å². The van der Waals surface area contributed by atoms with Crippen molar-refractivity contribution in [2.24, 2.45) is 0 Å². The maximum absolute atomic E-state index is 14.0. The number of methoxy groups -OCH3 is 2. The van der Waals surface area contributed by atoms with Crippen LogP contribution in [0.1, 0.15) is 107 Å². The zero-order valence-electron chi connectivity index (χ0n) is 28.1. The number of hydrogen-bond acceptors (Lipinski definition) is 6. The quantitative estimate of drug-likeness (QED) is 0.0918. The maximum Gasteiger partial charge on any atom is 0.169 e. The Morgan fingerprint density at radius 2 is 1.09 bits per heavy atom. The van der Waals surface area contributed by atoms with Gasteiger partial charge in [0.05, 0.1) is 32.0 Å². The molecule has 0 saturated carbocycles. The van der Waals surface area contributed by atoms with Gasteiger partial charge < -0.3 is 39.0 Å². The molecule has 0 unspecified atom stereocenters. The molecule has 3 rings (SSSR count). The van der Waals surface area contributed by atoms with E-state index in [1.807, 2.05) is 19.1 Å². The number of hydrogen-bond donors (Lipinski definition) is 1. The van der Waals surface area contributed by atoms with Crippen molar-refractivity contribution in [2.45, 2.75) is 111 Å². The third kappa shape index (κ3) is 10.5. The summed E-state index contributed by atoms with van der Waals surface area (Å²) in [6.07, 6.45) is 14.2. The number of rotatable bonds is 20. The molecule has 0 atom stereocenters. The number of phenols is 1. The molecule has 2 aromatic carbocycles. The van der Waals surface area contributed by atoms with Crippen LogP contribution >= 0.6 is 0 Å². The first-order chi connectivity index (χ1) is 21.2. The summed E-state index contributed by atoms with van der Waals surface area (Å²) in [6, 6.07) is 7.76. The van der Waals surface area contributed by atoms with Crippen molar-refractivity contribution in [3.63, 3.8) is 0 Å². The number of hydroxylamine groups is 6. The summed E-state index contributed by atoms with van der Waals surface area (Å²) >= 11 is 0. The van der Waals surface area contributed by atoms with E-state index in [0.717, 1.165) is 42.4 Å². The van der Waals surface area contributed by atoms with Crippen LogP contribution in [0.2, 0.25) is 0 Å². The van der Waals surface area contributed by atoms with Crippen LogP contribution < -0.4 is 14.2 Å². The van der Waals surface area contributed by atoms with Crippen molar-refractivity contribution in [3.8, 4) is 23.0 Å². The van der Waals surface area contributed by atoms with E-state index in [1.54, 1.807) is 13.2 Å². The number of benzene rings is 2. The lowest BCUT2D eigenvalue weighted by Gasteiger charge is -2.54. The molecule has 1 saturated heterocycles. The normalized spacial score (nSPS) is 20.1. The Bertz CT molecular complexity index is 1150. The summed E-state index contributed by atoms with van der Waals surface area (Å²) in [7, 11) is 3.16. The van der Waals surface area contributed by atoms with E-state index in [1.165, 1.54) is 58.5 Å². The highest BCUT2D eigenvalue weighted by atomic mass is 16.6. The van der Waals surface area contributed by atoms with E-state index in [4.69, 9.17) is 14.2 Å². The van der Waals surface area contributed by atoms with E-state index in [2.05, 4.69) is 19.9 Å². The molecule has 0 aromatic heterocycles. The Labute approximate surface area is 266 Å². The number of aromatic hydroxyl groups is 1. The van der Waals surface area contributed by atoms with Crippen LogP contribution in [-0.4, -0.2) is 61.4 Å². The third-order valence-electron chi connectivity index (χ3n) is 9.15. The van der Waals surface area contributed by atoms with Crippen LogP contribution in [0.4, 0.5) is 0 Å². The summed E-state index contributed by atoms with van der Waals surface area (Å²) in [6.45, 7) is 8.08. The van der Waals surface area contributed by atoms with Crippen LogP contribution in [0.5, 0.6) is 23.0 Å². The fourth-order valence-electron chi connectivity index (χ4n) is 6.22. The van der Waals surface area contributed by atoms with Crippen LogP contribution in [-0.2, 0) is 25.9 Å². The SMILES string of the molecule is CCCCCCCCCCCCOc1c(C[N+]2([O-])CC[N+]([O-])(Cc3cc(CC)cc(OC)c3O)CC2)cc(CC)cc1OC. The van der Waals surface area contributed by atoms with Gasteiger partial charge >= 0.3 is 0 Å². The van der Waals surface area contributed by atoms with Gasteiger partial charge in [0.15, 0.2) is 23.0 Å². The highest BCUT2D eigenvalue weighted by Crippen LogP contribution is 2.38. The molecule has 8 heteroatoms. The van der Waals surface area contributed by atoms with Crippen LogP contribution in [0.3, 0.4) is 0 Å². The molecule has 248 valence electrons. The van der Waals surface area contributed by atoms with Crippen molar-refractivity contribution < 1.29 is 28.6 Å². The molecule has 1 aliphatic heterocycles. The minimum absolute atomic E-state index is 0.0131. The van der Waals surface area contributed by atoms with Crippen molar-refractivity contribution in [1.82, 2.24) is 0 Å². The van der Waals surface area contributed by atoms with Gasteiger partial charge in [0.25, 0.3) is 0 Å². The van der Waals surface area contributed by atoms with Gasteiger partial charge in [0, 0.05) is 0 Å². The number of aryl methyl sites for hydroxylation is 2. The zero-order chi connectivity index (χ0) is 32.0. The molecule has 44 heavy (non-hydrogen) atoms. The average molecular weight is 615 g/mol. The number of unbranched alkanes of at least 4 members (excludes halogenated alkanes) is 9. The second kappa shape index (κ2) is 17.8. The first-order valence-electron chi connectivity index (χ1n) is 17.0. The highest BCUT2D eigenvalue weighted by molar-refractivity contribution is 5.50. The highest BCUT2D eigenvalue weighted by Gasteiger charge is 2.34. The number of ether oxygens (including phenoxy) is 3. The molecular formula is C36H58N2O6. The van der Waals surface area contributed by atoms with Gasteiger partial charge in [0.1, 0.15) is 39.3 Å². The van der Waals surface area contributed by atoms with Crippen molar-refractivity contribution >= 4 is 0 Å². The second-order valence-electron chi connectivity index (χ2n) is 12.7. The number of phenolic OH excluding ortho intramolecular Hbond substituents is 1. The predicted octanol–water partition coefficient (Wildman–Crippen LogP) is 8.18. The number of piperazine rings is 1. The van der Waals surface area contributed by atoms with Gasteiger partial charge in [-0.25, -0.2) is 0 Å². The van der Waals surface area contributed by atoms with Gasteiger partial charge in [-0.15, -0.1) is 0 Å². The molecule has 0 spiro atoms. The summed E-state index contributed by atoms with van der Waals surface area (Å²) in [4.78, 5) is 0. The van der Waals surface area contributed by atoms with Crippen LogP contribution in [0.15, 0.2) is 24.3 Å². The molecule has 1 aliphatic rings. The lowest BCUT2D eigenvalue weighted by Crippen LogP contribution is -2.61. The summed E-state index contributed by atoms with van der Waals surface area (Å²) < 4.78 is 16.4. The Morgan fingerprint density at radius 1 is 0.636 bits per heavy atom. The fraction of sp³-hybridized carbons (Fsp3) is 0.667. The van der Waals surface area contributed by atoms with Gasteiger partial charge in [-0.05, 0) is 54.7 Å². The van der Waals surface area contributed by atoms with Crippen molar-refractivity contribution in [1.29, 1.82) is 0 Å². The smallest absolute Gasteiger partial charge is 0.169 e. The maximum atomic E-state index is 14.0. The molecule has 0 aliphatic carbocycles. The van der Waals surface area contributed by atoms with Gasteiger partial charge in [0.2, 0.25) is 0 Å². The summed E-state index contributed by atoms with van der Waals surface area (Å²) in [5.74, 6) is 1.73. The largest absolute Gasteiger partial charge is 0.632 e. The second-order valence-corrected chi connectivity index (χ2v) is 12.7. The van der Waals surface area contributed by atoms with Crippen LogP contribution in [0, 0.1) is 10.4 Å². The van der Waals surface area contributed by atoms with E-state index in [-0.39, 0.29) is 45.0 Å². The minimum atomic E-state index is -0.535. The van der Waals surface area contributed by atoms with Gasteiger partial charge in [-0.2, -0.15) is 0 Å². The monoisotopic (exact) mass is 614 g/mol. The number of quaternary nitrogens is 2. The zero-order valence-corrected chi connectivity index (χ0v) is 28.1. The molecule has 2 aromatic rings. The first-order valence-corrected chi connectivity index (χ1v) is 17.0. The lowest BCUT2D eigenvalue weighted by molar-refractivity contribution is -1.00. The van der Waals surface area contributed by atoms with Crippen molar-refractivity contribution in [2.75, 3.05) is 47.0 Å². The lowest BCUT2D eigenvalue weighted by atomic mass is 10.0. The molecule has 1 N–H and O–H groups in total. The average Bonchev–Trinajstić information content (AvgIpc) is 3.02. The Balaban J connectivity index is 1.60. The topological polar surface area (TPSA) is 94.0 Å². The Kier molecular flexibility index (Phi) is 14.6. The molecule has 1 fully saturated rings.